The maximum absolute atomic E-state index is 12.3. The first-order chi connectivity index (χ1) is 13.1. The van der Waals surface area contributed by atoms with Crippen molar-refractivity contribution in [2.75, 3.05) is 33.3 Å². The van der Waals surface area contributed by atoms with Crippen molar-refractivity contribution in [3.63, 3.8) is 0 Å². The van der Waals surface area contributed by atoms with E-state index >= 15 is 0 Å². The second kappa shape index (κ2) is 9.48. The third-order valence-corrected chi connectivity index (χ3v) is 5.04. The lowest BCUT2D eigenvalue weighted by atomic mass is 10.1. The summed E-state index contributed by atoms with van der Waals surface area (Å²) >= 11 is 5.43. The van der Waals surface area contributed by atoms with E-state index in [1.54, 1.807) is 7.11 Å². The van der Waals surface area contributed by atoms with Gasteiger partial charge in [0.15, 0.2) is 5.11 Å². The number of nitrogens with one attached hydrogen (secondary N) is 1. The molecule has 1 amide bonds. The van der Waals surface area contributed by atoms with Gasteiger partial charge in [-0.1, -0.05) is 42.5 Å². The number of thiocarbonyl (C=S) groups is 1. The van der Waals surface area contributed by atoms with Crippen molar-refractivity contribution < 1.29 is 9.53 Å². The molecular weight excluding hydrogens is 358 g/mol. The number of hydrogen-bond acceptors (Lipinski definition) is 4. The van der Waals surface area contributed by atoms with Crippen molar-refractivity contribution >= 4 is 23.2 Å². The number of hydrogen-bond donors (Lipinski definition) is 1. The van der Waals surface area contributed by atoms with Gasteiger partial charge in [-0.15, -0.1) is 0 Å². The average Bonchev–Trinajstić information content (AvgIpc) is 2.70. The first-order valence-corrected chi connectivity index (χ1v) is 9.53. The zero-order valence-corrected chi connectivity index (χ0v) is 16.4. The number of piperazine rings is 1. The molecule has 0 radical (unpaired) electrons. The molecule has 142 valence electrons. The summed E-state index contributed by atoms with van der Waals surface area (Å²) in [7, 11) is 1.62. The minimum absolute atomic E-state index is 0.0862. The molecule has 1 aliphatic rings. The topological polar surface area (TPSA) is 44.8 Å². The molecule has 1 N–H and O–H groups in total. The molecule has 0 aromatic heterocycles. The van der Waals surface area contributed by atoms with Gasteiger partial charge in [-0.3, -0.25) is 9.69 Å². The van der Waals surface area contributed by atoms with Crippen molar-refractivity contribution in [1.82, 2.24) is 15.1 Å². The molecule has 1 saturated heterocycles. The Kier molecular flexibility index (Phi) is 6.79. The summed E-state index contributed by atoms with van der Waals surface area (Å²) in [6.07, 6.45) is 0.304. The predicted octanol–water partition coefficient (Wildman–Crippen LogP) is 2.46. The van der Waals surface area contributed by atoms with Gasteiger partial charge in [0, 0.05) is 32.7 Å². The second-order valence-electron chi connectivity index (χ2n) is 6.63. The average molecular weight is 384 g/mol. The summed E-state index contributed by atoms with van der Waals surface area (Å²) in [5.74, 6) is 0.694. The molecule has 0 spiro atoms. The fourth-order valence-electron chi connectivity index (χ4n) is 3.12. The molecule has 2 aromatic carbocycles. The molecular formula is C21H25N3O2S. The second-order valence-corrected chi connectivity index (χ2v) is 7.01. The van der Waals surface area contributed by atoms with Crippen LogP contribution in [-0.2, 0) is 17.8 Å². The van der Waals surface area contributed by atoms with E-state index in [4.69, 9.17) is 17.0 Å². The van der Waals surface area contributed by atoms with Gasteiger partial charge in [-0.2, -0.15) is 0 Å². The standard InChI is InChI=1S/C21H25N3O2S/c1-26-19-9-7-17(8-10-19)15-20(25)22-21(27)24-13-11-23(12-14-24)16-18-5-3-2-4-6-18/h2-10H,11-16H2,1H3,(H,22,25,27). The maximum atomic E-state index is 12.3. The maximum Gasteiger partial charge on any atom is 0.230 e. The van der Waals surface area contributed by atoms with Crippen LogP contribution in [0.25, 0.3) is 0 Å². The van der Waals surface area contributed by atoms with E-state index in [1.807, 2.05) is 30.3 Å². The Hall–Kier alpha value is -2.44. The number of benzene rings is 2. The minimum Gasteiger partial charge on any atom is -0.497 e. The SMILES string of the molecule is COc1ccc(CC(=O)NC(=S)N2CCN(Cc3ccccc3)CC2)cc1. The normalized spacial score (nSPS) is 14.6. The molecule has 0 unspecified atom stereocenters. The van der Waals surface area contributed by atoms with Gasteiger partial charge in [-0.25, -0.2) is 0 Å². The molecule has 2 aromatic rings. The van der Waals surface area contributed by atoms with Crippen LogP contribution in [0, 0.1) is 0 Å². The van der Waals surface area contributed by atoms with Crippen LogP contribution in [0.4, 0.5) is 0 Å². The molecule has 0 bridgehead atoms. The third kappa shape index (κ3) is 5.77. The molecule has 1 fully saturated rings. The third-order valence-electron chi connectivity index (χ3n) is 4.68. The van der Waals surface area contributed by atoms with Crippen LogP contribution in [0.1, 0.15) is 11.1 Å². The Morgan fingerprint density at radius 3 is 2.30 bits per heavy atom. The van der Waals surface area contributed by atoms with Gasteiger partial charge in [0.25, 0.3) is 0 Å². The highest BCUT2D eigenvalue weighted by Crippen LogP contribution is 2.12. The van der Waals surface area contributed by atoms with Crippen LogP contribution >= 0.6 is 12.2 Å². The summed E-state index contributed by atoms with van der Waals surface area (Å²) < 4.78 is 5.13. The van der Waals surface area contributed by atoms with Gasteiger partial charge in [0.1, 0.15) is 5.75 Å². The van der Waals surface area contributed by atoms with Gasteiger partial charge < -0.3 is 15.0 Å². The molecule has 1 heterocycles. The number of nitrogens with zero attached hydrogens (tertiary/aromatic N) is 2. The van der Waals surface area contributed by atoms with Gasteiger partial charge in [0.2, 0.25) is 5.91 Å². The monoisotopic (exact) mass is 383 g/mol. The fraction of sp³-hybridized carbons (Fsp3) is 0.333. The van der Waals surface area contributed by atoms with Crippen LogP contribution in [0.3, 0.4) is 0 Å². The zero-order valence-electron chi connectivity index (χ0n) is 15.6. The van der Waals surface area contributed by atoms with Crippen LogP contribution in [-0.4, -0.2) is 54.1 Å². The van der Waals surface area contributed by atoms with E-state index in [9.17, 15) is 4.79 Å². The Bertz CT molecular complexity index is 757. The number of ether oxygens (including phenoxy) is 1. The zero-order chi connectivity index (χ0) is 19.1. The van der Waals surface area contributed by atoms with E-state index in [1.165, 1.54) is 5.56 Å². The molecule has 3 rings (SSSR count). The predicted molar refractivity (Wildman–Crippen MR) is 111 cm³/mol. The Morgan fingerprint density at radius 2 is 1.67 bits per heavy atom. The number of carbonyl (C=O) groups is 1. The number of amides is 1. The molecule has 0 atom stereocenters. The summed E-state index contributed by atoms with van der Waals surface area (Å²) in [6, 6.07) is 18.0. The molecule has 1 aliphatic heterocycles. The summed E-state index contributed by atoms with van der Waals surface area (Å²) in [6.45, 7) is 4.47. The van der Waals surface area contributed by atoms with Crippen molar-refractivity contribution in [3.8, 4) is 5.75 Å². The smallest absolute Gasteiger partial charge is 0.230 e. The van der Waals surface area contributed by atoms with Crippen LogP contribution in [0.2, 0.25) is 0 Å². The number of methoxy groups -OCH3 is 1. The molecule has 0 saturated carbocycles. The molecule has 0 aliphatic carbocycles. The van der Waals surface area contributed by atoms with Crippen LogP contribution in [0.15, 0.2) is 54.6 Å². The van der Waals surface area contributed by atoms with Gasteiger partial charge >= 0.3 is 0 Å². The number of rotatable bonds is 5. The van der Waals surface area contributed by atoms with E-state index in [0.29, 0.717) is 11.5 Å². The first kappa shape index (κ1) is 19.3. The number of carbonyl (C=O) groups excluding carboxylic acids is 1. The fourth-order valence-corrected chi connectivity index (χ4v) is 3.42. The Balaban J connectivity index is 1.42. The van der Waals surface area contributed by atoms with E-state index in [0.717, 1.165) is 44.0 Å². The highest BCUT2D eigenvalue weighted by atomic mass is 32.1. The van der Waals surface area contributed by atoms with Crippen LogP contribution < -0.4 is 10.1 Å². The highest BCUT2D eigenvalue weighted by Gasteiger charge is 2.20. The lowest BCUT2D eigenvalue weighted by molar-refractivity contribution is -0.119. The largest absolute Gasteiger partial charge is 0.497 e. The van der Waals surface area contributed by atoms with Crippen molar-refractivity contribution in [2.24, 2.45) is 0 Å². The summed E-state index contributed by atoms with van der Waals surface area (Å²) in [5, 5.41) is 3.38. The van der Waals surface area contributed by atoms with E-state index in [2.05, 4.69) is 39.4 Å². The quantitative estimate of drug-likeness (QED) is 0.804. The van der Waals surface area contributed by atoms with Crippen LogP contribution in [0.5, 0.6) is 5.75 Å². The minimum atomic E-state index is -0.0862. The molecule has 5 nitrogen and oxygen atoms in total. The lowest BCUT2D eigenvalue weighted by Gasteiger charge is -2.36. The van der Waals surface area contributed by atoms with Gasteiger partial charge in [-0.05, 0) is 35.5 Å². The van der Waals surface area contributed by atoms with Gasteiger partial charge in [0.05, 0.1) is 13.5 Å². The van der Waals surface area contributed by atoms with Crippen molar-refractivity contribution in [2.45, 2.75) is 13.0 Å². The van der Waals surface area contributed by atoms with E-state index < -0.39 is 0 Å². The highest BCUT2D eigenvalue weighted by molar-refractivity contribution is 7.80. The Labute approximate surface area is 165 Å². The van der Waals surface area contributed by atoms with E-state index in [-0.39, 0.29) is 5.91 Å². The lowest BCUT2D eigenvalue weighted by Crippen LogP contribution is -2.52. The summed E-state index contributed by atoms with van der Waals surface area (Å²) in [4.78, 5) is 16.7. The molecule has 6 heteroatoms. The van der Waals surface area contributed by atoms with Crippen molar-refractivity contribution in [1.29, 1.82) is 0 Å². The summed E-state index contributed by atoms with van der Waals surface area (Å²) in [5.41, 5.74) is 2.25. The Morgan fingerprint density at radius 1 is 1.00 bits per heavy atom. The molecule has 27 heavy (non-hydrogen) atoms. The van der Waals surface area contributed by atoms with Crippen molar-refractivity contribution in [3.05, 3.63) is 65.7 Å². The first-order valence-electron chi connectivity index (χ1n) is 9.12.